The second kappa shape index (κ2) is 10.3. The average molecular weight is 429 g/mol. The second-order valence-corrected chi connectivity index (χ2v) is 8.26. The molecule has 0 spiro atoms. The van der Waals surface area contributed by atoms with Gasteiger partial charge in [-0.2, -0.15) is 0 Å². The normalized spacial score (nSPS) is 13.8. The van der Waals surface area contributed by atoms with Crippen molar-refractivity contribution in [2.24, 2.45) is 0 Å². The summed E-state index contributed by atoms with van der Waals surface area (Å²) in [5, 5.41) is 3.54. The molecule has 1 N–H and O–H groups in total. The molecule has 1 aliphatic heterocycles. The Bertz CT molecular complexity index is 1070. The lowest BCUT2D eigenvalue weighted by Gasteiger charge is -2.26. The zero-order valence-corrected chi connectivity index (χ0v) is 18.2. The predicted molar refractivity (Wildman–Crippen MR) is 128 cm³/mol. The lowest BCUT2D eigenvalue weighted by atomic mass is 10.1. The van der Waals surface area contributed by atoms with Crippen molar-refractivity contribution in [1.29, 1.82) is 0 Å². The van der Waals surface area contributed by atoms with Gasteiger partial charge in [-0.15, -0.1) is 0 Å². The van der Waals surface area contributed by atoms with E-state index in [0.717, 1.165) is 23.2 Å². The highest BCUT2D eigenvalue weighted by atomic mass is 35.5. The minimum absolute atomic E-state index is 0.323. The van der Waals surface area contributed by atoms with E-state index in [1.807, 2.05) is 60.7 Å². The Hall–Kier alpha value is -3.06. The number of benzene rings is 3. The fourth-order valence-electron chi connectivity index (χ4n) is 3.75. The van der Waals surface area contributed by atoms with E-state index in [-0.39, 0.29) is 5.91 Å². The number of amides is 1. The fourth-order valence-corrected chi connectivity index (χ4v) is 3.87. The monoisotopic (exact) mass is 428 g/mol. The standard InChI is InChI=1S/C27H25ClN2O/c28-25-13-9-23(10-14-25)24-11-15-26(16-12-24)29-27(31)17-8-21-4-6-22(7-5-21)20-30-18-2-1-3-19-30/h4-7,9-16H,1-3,18-20H2,(H,29,31). The number of rotatable bonds is 4. The first-order valence-electron chi connectivity index (χ1n) is 10.7. The summed E-state index contributed by atoms with van der Waals surface area (Å²) in [5.41, 5.74) is 4.98. The summed E-state index contributed by atoms with van der Waals surface area (Å²) in [6.07, 6.45) is 3.94. The summed E-state index contributed by atoms with van der Waals surface area (Å²) < 4.78 is 0. The fraction of sp³-hybridized carbons (Fsp3) is 0.222. The molecule has 0 aliphatic carbocycles. The van der Waals surface area contributed by atoms with Gasteiger partial charge in [0.1, 0.15) is 0 Å². The Kier molecular flexibility index (Phi) is 7.04. The van der Waals surface area contributed by atoms with Crippen LogP contribution in [0.3, 0.4) is 0 Å². The molecule has 3 aromatic rings. The van der Waals surface area contributed by atoms with Crippen LogP contribution in [0.2, 0.25) is 5.02 Å². The second-order valence-electron chi connectivity index (χ2n) is 7.82. The highest BCUT2D eigenvalue weighted by Gasteiger charge is 2.10. The summed E-state index contributed by atoms with van der Waals surface area (Å²) in [7, 11) is 0. The van der Waals surface area contributed by atoms with Gasteiger partial charge in [0.2, 0.25) is 0 Å². The van der Waals surface area contributed by atoms with E-state index in [4.69, 9.17) is 11.6 Å². The van der Waals surface area contributed by atoms with Crippen molar-refractivity contribution in [2.75, 3.05) is 18.4 Å². The van der Waals surface area contributed by atoms with Crippen LogP contribution >= 0.6 is 11.6 Å². The van der Waals surface area contributed by atoms with E-state index >= 15 is 0 Å². The Morgan fingerprint density at radius 1 is 0.839 bits per heavy atom. The van der Waals surface area contributed by atoms with Gasteiger partial charge in [0.25, 0.3) is 0 Å². The molecular formula is C27H25ClN2O. The Morgan fingerprint density at radius 3 is 2.10 bits per heavy atom. The van der Waals surface area contributed by atoms with E-state index in [1.165, 1.54) is 37.9 Å². The summed E-state index contributed by atoms with van der Waals surface area (Å²) in [6.45, 7) is 3.35. The molecule has 0 saturated carbocycles. The maximum absolute atomic E-state index is 12.2. The molecule has 1 aliphatic rings. The van der Waals surface area contributed by atoms with Crippen molar-refractivity contribution in [3.05, 3.63) is 88.9 Å². The number of carbonyl (C=O) groups excluding carboxylic acids is 1. The molecule has 0 atom stereocenters. The molecule has 1 heterocycles. The number of nitrogens with zero attached hydrogens (tertiary/aromatic N) is 1. The molecule has 156 valence electrons. The molecule has 0 radical (unpaired) electrons. The first kappa shape index (κ1) is 21.2. The summed E-state index contributed by atoms with van der Waals surface area (Å²) >= 11 is 5.94. The number of hydrogen-bond donors (Lipinski definition) is 1. The van der Waals surface area contributed by atoms with E-state index in [2.05, 4.69) is 34.2 Å². The topological polar surface area (TPSA) is 32.3 Å². The van der Waals surface area contributed by atoms with Crippen LogP contribution in [-0.4, -0.2) is 23.9 Å². The SMILES string of the molecule is O=C(C#Cc1ccc(CN2CCCCC2)cc1)Nc1ccc(-c2ccc(Cl)cc2)cc1. The number of carbonyl (C=O) groups is 1. The molecule has 3 aromatic carbocycles. The highest BCUT2D eigenvalue weighted by molar-refractivity contribution is 6.30. The van der Waals surface area contributed by atoms with Crippen molar-refractivity contribution in [3.8, 4) is 23.0 Å². The van der Waals surface area contributed by atoms with E-state index < -0.39 is 0 Å². The van der Waals surface area contributed by atoms with Gasteiger partial charge in [-0.25, -0.2) is 0 Å². The molecule has 0 unspecified atom stereocenters. The molecule has 4 heteroatoms. The third-order valence-corrected chi connectivity index (χ3v) is 5.70. The van der Waals surface area contributed by atoms with Crippen LogP contribution in [0, 0.1) is 11.8 Å². The highest BCUT2D eigenvalue weighted by Crippen LogP contribution is 2.23. The van der Waals surface area contributed by atoms with Gasteiger partial charge in [-0.05, 0) is 79.0 Å². The number of nitrogens with one attached hydrogen (secondary N) is 1. The smallest absolute Gasteiger partial charge is 0.300 e. The quantitative estimate of drug-likeness (QED) is 0.518. The lowest BCUT2D eigenvalue weighted by Crippen LogP contribution is -2.29. The van der Waals surface area contributed by atoms with Gasteiger partial charge in [0.15, 0.2) is 0 Å². The van der Waals surface area contributed by atoms with Gasteiger partial charge in [-0.1, -0.05) is 60.3 Å². The summed E-state index contributed by atoms with van der Waals surface area (Å²) in [6, 6.07) is 23.5. The van der Waals surface area contributed by atoms with Gasteiger partial charge in [-0.3, -0.25) is 9.69 Å². The maximum atomic E-state index is 12.2. The van der Waals surface area contributed by atoms with Gasteiger partial charge >= 0.3 is 5.91 Å². The van der Waals surface area contributed by atoms with Crippen molar-refractivity contribution in [1.82, 2.24) is 4.90 Å². The average Bonchev–Trinajstić information content (AvgIpc) is 2.80. The number of likely N-dealkylation sites (tertiary alicyclic amines) is 1. The van der Waals surface area contributed by atoms with E-state index in [0.29, 0.717) is 10.7 Å². The molecule has 31 heavy (non-hydrogen) atoms. The third-order valence-electron chi connectivity index (χ3n) is 5.45. The summed E-state index contributed by atoms with van der Waals surface area (Å²) in [4.78, 5) is 14.7. The van der Waals surface area contributed by atoms with Gasteiger partial charge in [0, 0.05) is 28.7 Å². The number of piperidine rings is 1. The van der Waals surface area contributed by atoms with Crippen LogP contribution < -0.4 is 5.32 Å². The zero-order chi connectivity index (χ0) is 21.5. The summed E-state index contributed by atoms with van der Waals surface area (Å²) in [5.74, 6) is 5.30. The molecule has 1 amide bonds. The van der Waals surface area contributed by atoms with Crippen molar-refractivity contribution in [2.45, 2.75) is 25.8 Å². The third kappa shape index (κ3) is 6.21. The lowest BCUT2D eigenvalue weighted by molar-refractivity contribution is -0.111. The molecule has 1 fully saturated rings. The first-order chi connectivity index (χ1) is 15.2. The minimum Gasteiger partial charge on any atom is -0.315 e. The largest absolute Gasteiger partial charge is 0.315 e. The molecule has 1 saturated heterocycles. The van der Waals surface area contributed by atoms with Crippen LogP contribution in [0.5, 0.6) is 0 Å². The van der Waals surface area contributed by atoms with Crippen molar-refractivity contribution in [3.63, 3.8) is 0 Å². The molecular weight excluding hydrogens is 404 g/mol. The Labute approximate surface area is 189 Å². The number of anilines is 1. The van der Waals surface area contributed by atoms with Gasteiger partial charge < -0.3 is 5.32 Å². The molecule has 0 aromatic heterocycles. The van der Waals surface area contributed by atoms with E-state index in [9.17, 15) is 4.79 Å². The van der Waals surface area contributed by atoms with Crippen molar-refractivity contribution >= 4 is 23.2 Å². The van der Waals surface area contributed by atoms with Crippen LogP contribution in [-0.2, 0) is 11.3 Å². The molecule has 3 nitrogen and oxygen atoms in total. The van der Waals surface area contributed by atoms with Crippen LogP contribution in [0.15, 0.2) is 72.8 Å². The Morgan fingerprint density at radius 2 is 1.45 bits per heavy atom. The van der Waals surface area contributed by atoms with Crippen LogP contribution in [0.1, 0.15) is 30.4 Å². The van der Waals surface area contributed by atoms with E-state index in [1.54, 1.807) is 0 Å². The minimum atomic E-state index is -0.323. The first-order valence-corrected chi connectivity index (χ1v) is 11.0. The molecule has 0 bridgehead atoms. The van der Waals surface area contributed by atoms with Crippen molar-refractivity contribution < 1.29 is 4.79 Å². The zero-order valence-electron chi connectivity index (χ0n) is 17.4. The van der Waals surface area contributed by atoms with Gasteiger partial charge in [0.05, 0.1) is 0 Å². The Balaban J connectivity index is 1.32. The van der Waals surface area contributed by atoms with Crippen LogP contribution in [0.4, 0.5) is 5.69 Å². The molecule has 4 rings (SSSR count). The maximum Gasteiger partial charge on any atom is 0.300 e. The number of hydrogen-bond acceptors (Lipinski definition) is 2. The number of halogens is 1. The predicted octanol–water partition coefficient (Wildman–Crippen LogP) is 5.98. The van der Waals surface area contributed by atoms with Crippen LogP contribution in [0.25, 0.3) is 11.1 Å².